The first-order valence-electron chi connectivity index (χ1n) is 8.07. The molecule has 2 heterocycles. The molecule has 1 aromatic heterocycles. The van der Waals surface area contributed by atoms with Gasteiger partial charge in [-0.25, -0.2) is 9.37 Å². The summed E-state index contributed by atoms with van der Waals surface area (Å²) < 4.78 is 18.6. The van der Waals surface area contributed by atoms with E-state index >= 15 is 0 Å². The van der Waals surface area contributed by atoms with Crippen LogP contribution < -0.4 is 15.4 Å². The molecule has 130 valence electrons. The van der Waals surface area contributed by atoms with Gasteiger partial charge >= 0.3 is 0 Å². The summed E-state index contributed by atoms with van der Waals surface area (Å²) in [6.45, 7) is 0.369. The van der Waals surface area contributed by atoms with Crippen molar-refractivity contribution in [3.8, 4) is 11.5 Å². The lowest BCUT2D eigenvalue weighted by atomic mass is 10.0. The van der Waals surface area contributed by atoms with Crippen molar-refractivity contribution in [2.75, 3.05) is 6.54 Å². The Morgan fingerprint density at radius 3 is 2.92 bits per heavy atom. The fraction of sp³-hybridized carbons (Fsp3) is 0.278. The molecule has 0 spiro atoms. The molecule has 0 bridgehead atoms. The van der Waals surface area contributed by atoms with Crippen molar-refractivity contribution in [1.82, 2.24) is 15.6 Å². The molecule has 1 fully saturated rings. The van der Waals surface area contributed by atoms with Gasteiger partial charge in [0.15, 0.2) is 0 Å². The van der Waals surface area contributed by atoms with Crippen LogP contribution in [0.15, 0.2) is 42.6 Å². The minimum atomic E-state index is -0.392. The number of nitrogens with zero attached hydrogens (tertiary/aromatic N) is 1. The molecule has 1 atom stereocenters. The van der Waals surface area contributed by atoms with Crippen molar-refractivity contribution in [2.45, 2.75) is 25.3 Å². The first-order valence-corrected chi connectivity index (χ1v) is 8.07. The van der Waals surface area contributed by atoms with Gasteiger partial charge in [0.1, 0.15) is 23.0 Å². The summed E-state index contributed by atoms with van der Waals surface area (Å²) in [5, 5.41) is 5.60. The predicted octanol–water partition coefficient (Wildman–Crippen LogP) is 2.41. The molecule has 1 aliphatic heterocycles. The second kappa shape index (κ2) is 7.74. The molecule has 2 N–H and O–H groups in total. The van der Waals surface area contributed by atoms with Crippen molar-refractivity contribution in [3.05, 3.63) is 54.1 Å². The lowest BCUT2D eigenvalue weighted by molar-refractivity contribution is -0.123. The smallest absolute Gasteiger partial charge is 0.269 e. The molecule has 1 saturated heterocycles. The Morgan fingerprint density at radius 1 is 1.32 bits per heavy atom. The Kier molecular flexibility index (Phi) is 5.23. The van der Waals surface area contributed by atoms with Crippen LogP contribution in [0.3, 0.4) is 0 Å². The number of amides is 2. The number of piperidine rings is 1. The normalized spacial score (nSPS) is 16.8. The SMILES string of the molecule is O=C1CCC[C@H](CNC(=O)c2ccc(Oc3cccc(F)c3)cn2)N1. The third kappa shape index (κ3) is 4.76. The summed E-state index contributed by atoms with van der Waals surface area (Å²) in [7, 11) is 0. The van der Waals surface area contributed by atoms with Crippen LogP contribution in [0.2, 0.25) is 0 Å². The summed E-state index contributed by atoms with van der Waals surface area (Å²) in [5.74, 6) is 0.0598. The standard InChI is InChI=1S/C18H18FN3O3/c19-12-3-1-5-14(9-12)25-15-7-8-16(20-11-15)18(24)21-10-13-4-2-6-17(23)22-13/h1,3,5,7-9,11,13H,2,4,6,10H2,(H,21,24)(H,22,23)/t13-/m1/s1. The summed E-state index contributed by atoms with van der Waals surface area (Å²) in [5.41, 5.74) is 0.244. The van der Waals surface area contributed by atoms with E-state index in [1.807, 2.05) is 0 Å². The molecule has 25 heavy (non-hydrogen) atoms. The maximum Gasteiger partial charge on any atom is 0.269 e. The molecular formula is C18H18FN3O3. The molecule has 2 aromatic rings. The maximum absolute atomic E-state index is 13.1. The first-order chi connectivity index (χ1) is 12.1. The Bertz CT molecular complexity index is 764. The van der Waals surface area contributed by atoms with Gasteiger partial charge in [0.05, 0.1) is 6.20 Å². The lowest BCUT2D eigenvalue weighted by Gasteiger charge is -2.23. The van der Waals surface area contributed by atoms with E-state index < -0.39 is 5.82 Å². The zero-order valence-electron chi connectivity index (χ0n) is 13.5. The largest absolute Gasteiger partial charge is 0.456 e. The molecule has 0 radical (unpaired) electrons. The van der Waals surface area contributed by atoms with Gasteiger partial charge in [0.2, 0.25) is 5.91 Å². The third-order valence-corrected chi connectivity index (χ3v) is 3.83. The van der Waals surface area contributed by atoms with Crippen molar-refractivity contribution in [3.63, 3.8) is 0 Å². The van der Waals surface area contributed by atoms with Crippen LogP contribution in [0.5, 0.6) is 11.5 Å². The number of pyridine rings is 1. The number of rotatable bonds is 5. The third-order valence-electron chi connectivity index (χ3n) is 3.83. The Hall–Kier alpha value is -2.96. The molecule has 6 nitrogen and oxygen atoms in total. The monoisotopic (exact) mass is 343 g/mol. The van der Waals surface area contributed by atoms with Gasteiger partial charge in [-0.3, -0.25) is 9.59 Å². The minimum absolute atomic E-state index is 0.0162. The number of aromatic nitrogens is 1. The second-order valence-corrected chi connectivity index (χ2v) is 5.81. The highest BCUT2D eigenvalue weighted by Crippen LogP contribution is 2.21. The number of carbonyl (C=O) groups is 2. The highest BCUT2D eigenvalue weighted by molar-refractivity contribution is 5.92. The molecule has 0 aliphatic carbocycles. The highest BCUT2D eigenvalue weighted by atomic mass is 19.1. The molecule has 0 saturated carbocycles. The van der Waals surface area contributed by atoms with E-state index in [9.17, 15) is 14.0 Å². The van der Waals surface area contributed by atoms with Crippen molar-refractivity contribution < 1.29 is 18.7 Å². The summed E-state index contributed by atoms with van der Waals surface area (Å²) in [6.07, 6.45) is 3.62. The molecule has 1 aliphatic rings. The topological polar surface area (TPSA) is 80.3 Å². The highest BCUT2D eigenvalue weighted by Gasteiger charge is 2.19. The van der Waals surface area contributed by atoms with Crippen LogP contribution in [-0.2, 0) is 4.79 Å². The van der Waals surface area contributed by atoms with Crippen LogP contribution in [0, 0.1) is 5.82 Å². The fourth-order valence-electron chi connectivity index (χ4n) is 2.58. The molecule has 7 heteroatoms. The van der Waals surface area contributed by atoms with Gasteiger partial charge in [-0.05, 0) is 37.1 Å². The zero-order valence-corrected chi connectivity index (χ0v) is 13.5. The number of carbonyl (C=O) groups excluding carboxylic acids is 2. The van der Waals surface area contributed by atoms with Gasteiger partial charge in [0, 0.05) is 25.1 Å². The van der Waals surface area contributed by atoms with E-state index in [0.717, 1.165) is 12.8 Å². The number of nitrogens with one attached hydrogen (secondary N) is 2. The van der Waals surface area contributed by atoms with Gasteiger partial charge in [0.25, 0.3) is 5.91 Å². The average Bonchev–Trinajstić information content (AvgIpc) is 2.60. The van der Waals surface area contributed by atoms with Crippen LogP contribution in [0.1, 0.15) is 29.8 Å². The number of halogens is 1. The molecule has 0 unspecified atom stereocenters. The van der Waals surface area contributed by atoms with Crippen LogP contribution in [0.4, 0.5) is 4.39 Å². The minimum Gasteiger partial charge on any atom is -0.456 e. The Morgan fingerprint density at radius 2 is 2.20 bits per heavy atom. The second-order valence-electron chi connectivity index (χ2n) is 5.81. The maximum atomic E-state index is 13.1. The van der Waals surface area contributed by atoms with Gasteiger partial charge in [-0.15, -0.1) is 0 Å². The fourth-order valence-corrected chi connectivity index (χ4v) is 2.58. The van der Waals surface area contributed by atoms with Crippen LogP contribution in [-0.4, -0.2) is 29.4 Å². The summed E-state index contributed by atoms with van der Waals surface area (Å²) in [4.78, 5) is 27.5. The predicted molar refractivity (Wildman–Crippen MR) is 88.8 cm³/mol. The molecule has 1 aromatic carbocycles. The van der Waals surface area contributed by atoms with Crippen molar-refractivity contribution in [2.24, 2.45) is 0 Å². The molecular weight excluding hydrogens is 325 g/mol. The Balaban J connectivity index is 1.54. The van der Waals surface area contributed by atoms with Gasteiger partial charge in [-0.1, -0.05) is 6.07 Å². The number of hydrogen-bond acceptors (Lipinski definition) is 4. The van der Waals surface area contributed by atoms with Crippen LogP contribution in [0.25, 0.3) is 0 Å². The Labute approximate surface area is 144 Å². The average molecular weight is 343 g/mol. The van der Waals surface area contributed by atoms with Gasteiger partial charge < -0.3 is 15.4 Å². The van der Waals surface area contributed by atoms with Gasteiger partial charge in [-0.2, -0.15) is 0 Å². The first kappa shape index (κ1) is 16.9. The zero-order chi connectivity index (χ0) is 17.6. The number of benzene rings is 1. The summed E-state index contributed by atoms with van der Waals surface area (Å²) >= 11 is 0. The van der Waals surface area contributed by atoms with Crippen molar-refractivity contribution in [1.29, 1.82) is 0 Å². The van der Waals surface area contributed by atoms with E-state index in [2.05, 4.69) is 15.6 Å². The summed E-state index contributed by atoms with van der Waals surface area (Å²) in [6, 6.07) is 8.85. The van der Waals surface area contributed by atoms with E-state index in [0.29, 0.717) is 24.5 Å². The lowest BCUT2D eigenvalue weighted by Crippen LogP contribution is -2.46. The van der Waals surface area contributed by atoms with Crippen LogP contribution >= 0.6 is 0 Å². The van der Waals surface area contributed by atoms with E-state index in [1.165, 1.54) is 24.4 Å². The number of ether oxygens (including phenoxy) is 1. The van der Waals surface area contributed by atoms with E-state index in [-0.39, 0.29) is 23.6 Å². The van der Waals surface area contributed by atoms with Crippen molar-refractivity contribution >= 4 is 11.8 Å². The number of hydrogen-bond donors (Lipinski definition) is 2. The molecule has 3 rings (SSSR count). The molecule has 2 amide bonds. The van der Waals surface area contributed by atoms with E-state index in [4.69, 9.17) is 4.74 Å². The van der Waals surface area contributed by atoms with E-state index in [1.54, 1.807) is 18.2 Å². The quantitative estimate of drug-likeness (QED) is 0.874.